The zero-order valence-corrected chi connectivity index (χ0v) is 12.1. The minimum Gasteiger partial charge on any atom is -0.375 e. The number of ether oxygens (including phenoxy) is 2. The van der Waals surface area contributed by atoms with Crippen molar-refractivity contribution in [3.8, 4) is 0 Å². The van der Waals surface area contributed by atoms with Gasteiger partial charge in [0.1, 0.15) is 12.7 Å². The predicted octanol–water partition coefficient (Wildman–Crippen LogP) is 1.07. The number of carbonyl (C=O) groups is 2. The van der Waals surface area contributed by atoms with Crippen LogP contribution in [0.15, 0.2) is 24.3 Å². The molecule has 0 bridgehead atoms. The molecule has 6 nitrogen and oxygen atoms in total. The maximum Gasteiger partial charge on any atom is 0.250 e. The van der Waals surface area contributed by atoms with Gasteiger partial charge in [0.25, 0.3) is 0 Å². The number of nitrogens with one attached hydrogen (secondary N) is 2. The molecule has 0 radical (unpaired) electrons. The number of methoxy groups -OCH3 is 1. The number of rotatable bonds is 6. The van der Waals surface area contributed by atoms with Crippen molar-refractivity contribution in [2.45, 2.75) is 25.5 Å². The smallest absolute Gasteiger partial charge is 0.250 e. The summed E-state index contributed by atoms with van der Waals surface area (Å²) in [5.41, 5.74) is 1.59. The van der Waals surface area contributed by atoms with Gasteiger partial charge >= 0.3 is 0 Å². The molecule has 0 spiro atoms. The molecule has 2 rings (SSSR count). The van der Waals surface area contributed by atoms with Crippen molar-refractivity contribution >= 4 is 17.5 Å². The van der Waals surface area contributed by atoms with Crippen LogP contribution in [0.4, 0.5) is 5.69 Å². The topological polar surface area (TPSA) is 76.7 Å². The number of hydrogen-bond acceptors (Lipinski definition) is 4. The van der Waals surface area contributed by atoms with Gasteiger partial charge in [-0.25, -0.2) is 0 Å². The van der Waals surface area contributed by atoms with E-state index in [9.17, 15) is 9.59 Å². The molecular weight excluding hydrogens is 272 g/mol. The zero-order chi connectivity index (χ0) is 15.1. The molecule has 1 saturated heterocycles. The maximum absolute atomic E-state index is 11.8. The van der Waals surface area contributed by atoms with Gasteiger partial charge in [0, 0.05) is 25.9 Å². The maximum atomic E-state index is 11.8. The summed E-state index contributed by atoms with van der Waals surface area (Å²) in [5, 5.41) is 5.57. The van der Waals surface area contributed by atoms with E-state index >= 15 is 0 Å². The van der Waals surface area contributed by atoms with Crippen molar-refractivity contribution < 1.29 is 19.1 Å². The molecule has 1 unspecified atom stereocenters. The van der Waals surface area contributed by atoms with E-state index in [0.717, 1.165) is 18.4 Å². The van der Waals surface area contributed by atoms with Crippen LogP contribution in [-0.4, -0.2) is 38.2 Å². The summed E-state index contributed by atoms with van der Waals surface area (Å²) in [6.45, 7) is 1.08. The van der Waals surface area contributed by atoms with Gasteiger partial charge in [-0.1, -0.05) is 12.1 Å². The Morgan fingerprint density at radius 1 is 1.43 bits per heavy atom. The highest BCUT2D eigenvalue weighted by Crippen LogP contribution is 2.13. The summed E-state index contributed by atoms with van der Waals surface area (Å²) in [6.07, 6.45) is 1.38. The van der Waals surface area contributed by atoms with Crippen molar-refractivity contribution in [2.75, 3.05) is 25.6 Å². The van der Waals surface area contributed by atoms with E-state index in [1.807, 2.05) is 18.2 Å². The van der Waals surface area contributed by atoms with E-state index in [2.05, 4.69) is 10.6 Å². The van der Waals surface area contributed by atoms with Gasteiger partial charge in [0.15, 0.2) is 0 Å². The molecule has 1 aromatic rings. The third kappa shape index (κ3) is 4.84. The van der Waals surface area contributed by atoms with Crippen molar-refractivity contribution in [2.24, 2.45) is 0 Å². The second-order valence-corrected chi connectivity index (χ2v) is 4.90. The van der Waals surface area contributed by atoms with Crippen molar-refractivity contribution in [3.63, 3.8) is 0 Å². The van der Waals surface area contributed by atoms with E-state index in [1.165, 1.54) is 7.11 Å². The quantitative estimate of drug-likeness (QED) is 0.822. The Kier molecular flexibility index (Phi) is 5.71. The Hall–Kier alpha value is -1.92. The lowest BCUT2D eigenvalue weighted by Crippen LogP contribution is -2.33. The van der Waals surface area contributed by atoms with Crippen LogP contribution in [0.3, 0.4) is 0 Å². The van der Waals surface area contributed by atoms with Gasteiger partial charge in [-0.15, -0.1) is 0 Å². The minimum atomic E-state index is -0.324. The molecule has 6 heteroatoms. The summed E-state index contributed by atoms with van der Waals surface area (Å²) >= 11 is 0. The molecule has 1 aromatic carbocycles. The summed E-state index contributed by atoms with van der Waals surface area (Å²) in [7, 11) is 1.47. The van der Waals surface area contributed by atoms with E-state index in [-0.39, 0.29) is 24.5 Å². The van der Waals surface area contributed by atoms with Crippen LogP contribution >= 0.6 is 0 Å². The first-order chi connectivity index (χ1) is 10.2. The molecule has 0 aliphatic carbocycles. The first kappa shape index (κ1) is 15.5. The summed E-state index contributed by atoms with van der Waals surface area (Å²) < 4.78 is 10.1. The number of hydrogen-bond donors (Lipinski definition) is 2. The second kappa shape index (κ2) is 7.75. The number of amides is 2. The molecule has 2 amide bonds. The molecule has 1 heterocycles. The fourth-order valence-electron chi connectivity index (χ4n) is 2.17. The predicted molar refractivity (Wildman–Crippen MR) is 77.8 cm³/mol. The highest BCUT2D eigenvalue weighted by Gasteiger charge is 2.22. The molecule has 1 aliphatic heterocycles. The molecule has 2 N–H and O–H groups in total. The molecule has 0 aromatic heterocycles. The zero-order valence-electron chi connectivity index (χ0n) is 12.1. The average molecular weight is 292 g/mol. The highest BCUT2D eigenvalue weighted by molar-refractivity contribution is 5.91. The van der Waals surface area contributed by atoms with E-state index in [4.69, 9.17) is 9.47 Å². The van der Waals surface area contributed by atoms with E-state index < -0.39 is 0 Å². The fraction of sp³-hybridized carbons (Fsp3) is 0.467. The SMILES string of the molecule is COCC(=O)Nc1cccc(CNC(=O)C2CCCO2)c1. The largest absolute Gasteiger partial charge is 0.375 e. The van der Waals surface area contributed by atoms with Gasteiger partial charge in [0.2, 0.25) is 11.8 Å². The Morgan fingerprint density at radius 3 is 3.00 bits per heavy atom. The monoisotopic (exact) mass is 292 g/mol. The lowest BCUT2D eigenvalue weighted by atomic mass is 10.2. The third-order valence-electron chi connectivity index (χ3n) is 3.18. The summed E-state index contributed by atoms with van der Waals surface area (Å²) in [4.78, 5) is 23.3. The van der Waals surface area contributed by atoms with Crippen LogP contribution in [0.5, 0.6) is 0 Å². The molecule has 1 fully saturated rings. The van der Waals surface area contributed by atoms with Gasteiger partial charge in [0.05, 0.1) is 0 Å². The van der Waals surface area contributed by atoms with E-state index in [1.54, 1.807) is 6.07 Å². The Bertz CT molecular complexity index is 498. The molecule has 1 aliphatic rings. The van der Waals surface area contributed by atoms with Crippen LogP contribution in [-0.2, 0) is 25.6 Å². The van der Waals surface area contributed by atoms with Gasteiger partial charge < -0.3 is 20.1 Å². The summed E-state index contributed by atoms with van der Waals surface area (Å²) in [5.74, 6) is -0.292. The minimum absolute atomic E-state index is 0.0139. The first-order valence-corrected chi connectivity index (χ1v) is 6.96. The van der Waals surface area contributed by atoms with Crippen LogP contribution < -0.4 is 10.6 Å². The number of benzene rings is 1. The van der Waals surface area contributed by atoms with Gasteiger partial charge in [-0.3, -0.25) is 9.59 Å². The lowest BCUT2D eigenvalue weighted by molar-refractivity contribution is -0.130. The normalized spacial score (nSPS) is 17.5. The Balaban J connectivity index is 1.85. The van der Waals surface area contributed by atoms with Gasteiger partial charge in [-0.05, 0) is 30.5 Å². The van der Waals surface area contributed by atoms with Crippen LogP contribution in [0.1, 0.15) is 18.4 Å². The van der Waals surface area contributed by atoms with E-state index in [0.29, 0.717) is 18.8 Å². The second-order valence-electron chi connectivity index (χ2n) is 4.90. The Labute approximate surface area is 123 Å². The van der Waals surface area contributed by atoms with Gasteiger partial charge in [-0.2, -0.15) is 0 Å². The standard InChI is InChI=1S/C15H20N2O4/c1-20-10-14(18)17-12-5-2-4-11(8-12)9-16-15(19)13-6-3-7-21-13/h2,4-5,8,13H,3,6-7,9-10H2,1H3,(H,16,19)(H,17,18). The molecule has 21 heavy (non-hydrogen) atoms. The lowest BCUT2D eigenvalue weighted by Gasteiger charge is -2.11. The molecular formula is C15H20N2O4. The molecule has 114 valence electrons. The van der Waals surface area contributed by atoms with Crippen molar-refractivity contribution in [3.05, 3.63) is 29.8 Å². The van der Waals surface area contributed by atoms with Crippen molar-refractivity contribution in [1.82, 2.24) is 5.32 Å². The number of carbonyl (C=O) groups excluding carboxylic acids is 2. The third-order valence-corrected chi connectivity index (χ3v) is 3.18. The van der Waals surface area contributed by atoms with Crippen molar-refractivity contribution in [1.29, 1.82) is 0 Å². The fourth-order valence-corrected chi connectivity index (χ4v) is 2.17. The average Bonchev–Trinajstić information content (AvgIpc) is 2.99. The summed E-state index contributed by atoms with van der Waals surface area (Å²) in [6, 6.07) is 7.33. The number of anilines is 1. The Morgan fingerprint density at radius 2 is 2.29 bits per heavy atom. The highest BCUT2D eigenvalue weighted by atomic mass is 16.5. The first-order valence-electron chi connectivity index (χ1n) is 6.96. The molecule has 1 atom stereocenters. The van der Waals surface area contributed by atoms with Crippen LogP contribution in [0.2, 0.25) is 0 Å². The van der Waals surface area contributed by atoms with Crippen LogP contribution in [0.25, 0.3) is 0 Å². The molecule has 0 saturated carbocycles. The van der Waals surface area contributed by atoms with Crippen LogP contribution in [0, 0.1) is 0 Å².